The van der Waals surface area contributed by atoms with Gasteiger partial charge in [-0.3, -0.25) is 19.6 Å². The molecule has 2 aliphatic heterocycles. The Morgan fingerprint density at radius 3 is 1.94 bits per heavy atom. The number of benzene rings is 2. The van der Waals surface area contributed by atoms with Crippen LogP contribution in [0.2, 0.25) is 0 Å². The maximum Gasteiger partial charge on any atom is 0.236 e. The number of aryl methyl sites for hydroxylation is 1. The fourth-order valence-electron chi connectivity index (χ4n) is 6.52. The van der Waals surface area contributed by atoms with Gasteiger partial charge in [0.2, 0.25) is 23.6 Å². The van der Waals surface area contributed by atoms with Gasteiger partial charge in [-0.05, 0) is 88.2 Å². The summed E-state index contributed by atoms with van der Waals surface area (Å²) in [5, 5.41) is 0. The molecule has 49 heavy (non-hydrogen) atoms. The summed E-state index contributed by atoms with van der Waals surface area (Å²) >= 11 is 0. The van der Waals surface area contributed by atoms with Crippen molar-refractivity contribution in [1.82, 2.24) is 19.9 Å². The van der Waals surface area contributed by atoms with Crippen LogP contribution in [0.25, 0.3) is 45.5 Å². The van der Waals surface area contributed by atoms with Gasteiger partial charge in [0, 0.05) is 72.0 Å². The number of hydrogen-bond donors (Lipinski definition) is 0. The highest BCUT2D eigenvalue weighted by Crippen LogP contribution is 2.44. The molecule has 2 amide bonds. The fourth-order valence-corrected chi connectivity index (χ4v) is 6.52. The highest BCUT2D eigenvalue weighted by molar-refractivity contribution is 6.08. The second-order valence-electron chi connectivity index (χ2n) is 13.4. The summed E-state index contributed by atoms with van der Waals surface area (Å²) in [6, 6.07) is 19.5. The smallest absolute Gasteiger partial charge is 0.236 e. The van der Waals surface area contributed by atoms with E-state index >= 15 is 0 Å². The summed E-state index contributed by atoms with van der Waals surface area (Å²) in [6.07, 6.45) is 8.55. The standard InChI is InChI=1S/C20H19N3O2.C19H17N3O2/c1-12-9-14(7-8-21-12)18-22-11-17(25-18)13-5-6-15-16(10-13)23(4)19(24)20(15,2)3;1-19(2)14-7-6-12(9-16(14)22(3)18(19)23)17-21-15(11-24-17)13-5-4-8-20-10-13/h5-11H,1-4H3;4-11H,1-3H3. The van der Waals surface area contributed by atoms with Gasteiger partial charge in [0.25, 0.3) is 0 Å². The first-order chi connectivity index (χ1) is 23.4. The van der Waals surface area contributed by atoms with Crippen LogP contribution in [0.1, 0.15) is 44.5 Å². The molecule has 2 aromatic carbocycles. The van der Waals surface area contributed by atoms with E-state index in [0.29, 0.717) is 17.5 Å². The van der Waals surface area contributed by atoms with Crippen molar-refractivity contribution in [1.29, 1.82) is 0 Å². The monoisotopic (exact) mass is 652 g/mol. The zero-order valence-corrected chi connectivity index (χ0v) is 28.5. The molecule has 0 saturated heterocycles. The highest BCUT2D eigenvalue weighted by atomic mass is 16.4. The quantitative estimate of drug-likeness (QED) is 0.191. The second kappa shape index (κ2) is 11.7. The molecule has 0 saturated carbocycles. The van der Waals surface area contributed by atoms with Crippen molar-refractivity contribution in [3.05, 3.63) is 109 Å². The highest BCUT2D eigenvalue weighted by Gasteiger charge is 2.43. The summed E-state index contributed by atoms with van der Waals surface area (Å²) in [4.78, 5) is 45.5. The van der Waals surface area contributed by atoms with E-state index in [4.69, 9.17) is 8.83 Å². The van der Waals surface area contributed by atoms with Crippen LogP contribution in [-0.2, 0) is 20.4 Å². The van der Waals surface area contributed by atoms with Gasteiger partial charge in [0.05, 0.1) is 17.0 Å². The lowest BCUT2D eigenvalue weighted by atomic mass is 9.86. The molecule has 8 rings (SSSR count). The van der Waals surface area contributed by atoms with Crippen LogP contribution in [0.15, 0.2) is 101 Å². The zero-order valence-electron chi connectivity index (χ0n) is 28.5. The molecule has 4 aromatic heterocycles. The van der Waals surface area contributed by atoms with E-state index in [1.807, 2.05) is 102 Å². The van der Waals surface area contributed by atoms with Crippen LogP contribution in [0.4, 0.5) is 11.4 Å². The average molecular weight is 653 g/mol. The van der Waals surface area contributed by atoms with Gasteiger partial charge in [-0.15, -0.1) is 0 Å². The number of hydrogen-bond acceptors (Lipinski definition) is 8. The Kier molecular flexibility index (Phi) is 7.54. The summed E-state index contributed by atoms with van der Waals surface area (Å²) in [6.45, 7) is 9.74. The number of likely N-dealkylation sites (N-methyl/N-ethyl adjacent to an activating group) is 2. The molecule has 6 heterocycles. The van der Waals surface area contributed by atoms with Gasteiger partial charge in [0.15, 0.2) is 5.76 Å². The van der Waals surface area contributed by atoms with E-state index in [1.54, 1.807) is 47.9 Å². The molecule has 2 aliphatic rings. The summed E-state index contributed by atoms with van der Waals surface area (Å²) in [5.41, 5.74) is 8.10. The van der Waals surface area contributed by atoms with Crippen molar-refractivity contribution in [2.24, 2.45) is 0 Å². The number of rotatable bonds is 4. The molecule has 0 unspecified atom stereocenters. The molecule has 246 valence electrons. The Balaban J connectivity index is 0.000000154. The van der Waals surface area contributed by atoms with Crippen LogP contribution in [0.3, 0.4) is 0 Å². The number of oxazole rings is 2. The lowest BCUT2D eigenvalue weighted by molar-refractivity contribution is -0.122. The van der Waals surface area contributed by atoms with Gasteiger partial charge in [-0.2, -0.15) is 0 Å². The average Bonchev–Trinajstić information content (AvgIpc) is 3.87. The van der Waals surface area contributed by atoms with E-state index in [1.165, 1.54) is 0 Å². The molecule has 0 radical (unpaired) electrons. The first kappa shape index (κ1) is 31.7. The molecule has 10 nitrogen and oxygen atoms in total. The van der Waals surface area contributed by atoms with Crippen LogP contribution in [0.5, 0.6) is 0 Å². The number of carbonyl (C=O) groups excluding carboxylic acids is 2. The number of anilines is 2. The van der Waals surface area contributed by atoms with E-state index in [0.717, 1.165) is 56.1 Å². The molecular formula is C39H36N6O4. The van der Waals surface area contributed by atoms with E-state index in [-0.39, 0.29) is 11.8 Å². The minimum atomic E-state index is -0.500. The largest absolute Gasteiger partial charge is 0.444 e. The fraction of sp³-hybridized carbons (Fsp3) is 0.231. The molecular weight excluding hydrogens is 616 g/mol. The normalized spacial score (nSPS) is 15.6. The zero-order chi connectivity index (χ0) is 34.7. The minimum Gasteiger partial charge on any atom is -0.444 e. The Bertz CT molecular complexity index is 2230. The number of carbonyl (C=O) groups is 2. The molecule has 0 fully saturated rings. The predicted molar refractivity (Wildman–Crippen MR) is 188 cm³/mol. The van der Waals surface area contributed by atoms with Gasteiger partial charge in [0.1, 0.15) is 12.0 Å². The number of nitrogens with zero attached hydrogens (tertiary/aromatic N) is 6. The number of aromatic nitrogens is 4. The minimum absolute atomic E-state index is 0.0955. The van der Waals surface area contributed by atoms with E-state index < -0.39 is 10.8 Å². The van der Waals surface area contributed by atoms with Gasteiger partial charge in [-0.1, -0.05) is 18.2 Å². The first-order valence-corrected chi connectivity index (χ1v) is 16.0. The van der Waals surface area contributed by atoms with Crippen molar-refractivity contribution in [2.45, 2.75) is 45.4 Å². The number of fused-ring (bicyclic) bond motifs is 2. The van der Waals surface area contributed by atoms with Crippen molar-refractivity contribution in [3.8, 4) is 45.5 Å². The topological polar surface area (TPSA) is 118 Å². The molecule has 10 heteroatoms. The number of amides is 2. The molecule has 6 aromatic rings. The van der Waals surface area contributed by atoms with Crippen molar-refractivity contribution in [2.75, 3.05) is 23.9 Å². The van der Waals surface area contributed by atoms with Crippen LogP contribution >= 0.6 is 0 Å². The van der Waals surface area contributed by atoms with Crippen molar-refractivity contribution >= 4 is 23.2 Å². The summed E-state index contributed by atoms with van der Waals surface area (Å²) in [5.74, 6) is 1.97. The second-order valence-corrected chi connectivity index (χ2v) is 13.4. The van der Waals surface area contributed by atoms with Gasteiger partial charge >= 0.3 is 0 Å². The first-order valence-electron chi connectivity index (χ1n) is 16.0. The third-order valence-electron chi connectivity index (χ3n) is 9.39. The lowest BCUT2D eigenvalue weighted by Crippen LogP contribution is -2.33. The van der Waals surface area contributed by atoms with Crippen LogP contribution < -0.4 is 9.80 Å². The number of pyridine rings is 2. The Hall–Kier alpha value is -5.90. The van der Waals surface area contributed by atoms with Crippen molar-refractivity contribution < 1.29 is 18.4 Å². The van der Waals surface area contributed by atoms with Crippen molar-refractivity contribution in [3.63, 3.8) is 0 Å². The summed E-state index contributed by atoms with van der Waals surface area (Å²) < 4.78 is 11.6. The maximum absolute atomic E-state index is 12.4. The summed E-state index contributed by atoms with van der Waals surface area (Å²) in [7, 11) is 3.61. The third kappa shape index (κ3) is 5.39. The molecule has 0 N–H and O–H groups in total. The van der Waals surface area contributed by atoms with Crippen LogP contribution in [0, 0.1) is 6.92 Å². The predicted octanol–water partition coefficient (Wildman–Crippen LogP) is 7.62. The SMILES string of the molecule is CN1C(=O)C(C)(C)c2ccc(-c3nc(-c4cccnc4)co3)cc21.Cc1cc(-c2ncc(-c3ccc4c(c3)N(C)C(=O)C4(C)C)o2)ccn1. The molecule has 0 atom stereocenters. The van der Waals surface area contributed by atoms with Crippen LogP contribution in [-0.4, -0.2) is 45.8 Å². The van der Waals surface area contributed by atoms with Gasteiger partial charge < -0.3 is 18.6 Å². The Morgan fingerprint density at radius 2 is 1.31 bits per heavy atom. The lowest BCUT2D eigenvalue weighted by Gasteiger charge is -2.16. The Morgan fingerprint density at radius 1 is 0.673 bits per heavy atom. The Labute approximate surface area is 284 Å². The molecule has 0 aliphatic carbocycles. The molecule has 0 spiro atoms. The van der Waals surface area contributed by atoms with E-state index in [9.17, 15) is 9.59 Å². The van der Waals surface area contributed by atoms with E-state index in [2.05, 4.69) is 19.9 Å². The maximum atomic E-state index is 12.4. The third-order valence-corrected chi connectivity index (χ3v) is 9.39. The molecule has 0 bridgehead atoms. The van der Waals surface area contributed by atoms with Gasteiger partial charge in [-0.25, -0.2) is 9.97 Å².